The van der Waals surface area contributed by atoms with E-state index >= 15 is 0 Å². The van der Waals surface area contributed by atoms with Gasteiger partial charge in [0.25, 0.3) is 0 Å². The van der Waals surface area contributed by atoms with E-state index in [4.69, 9.17) is 29.0 Å². The molecule has 1 rings (SSSR count). The van der Waals surface area contributed by atoms with Gasteiger partial charge in [-0.2, -0.15) is 12.1 Å². The van der Waals surface area contributed by atoms with Crippen LogP contribution in [0.3, 0.4) is 0 Å². The normalized spacial score (nSPS) is 26.9. The Hall–Kier alpha value is 0.478. The molecule has 0 aromatic carbocycles. The van der Waals surface area contributed by atoms with E-state index in [2.05, 4.69) is 0 Å². The molecule has 6 nitrogen and oxygen atoms in total. The molecule has 0 aromatic rings. The van der Waals surface area contributed by atoms with Gasteiger partial charge in [0, 0.05) is 10.4 Å². The Bertz CT molecular complexity index is 216. The van der Waals surface area contributed by atoms with Crippen LogP contribution in [0.15, 0.2) is 0 Å². The molecule has 0 spiro atoms. The average Bonchev–Trinajstić information content (AvgIpc) is 1.92. The van der Waals surface area contributed by atoms with Crippen LogP contribution in [0.2, 0.25) is 0 Å². The second-order valence-corrected chi connectivity index (χ2v) is 3.72. The van der Waals surface area contributed by atoms with Gasteiger partial charge in [-0.1, -0.05) is 25.7 Å². The zero-order chi connectivity index (χ0) is 10.5. The number of nitrogens with one attached hydrogen (secondary N) is 2. The van der Waals surface area contributed by atoms with Gasteiger partial charge in [-0.25, -0.2) is 0 Å². The van der Waals surface area contributed by atoms with E-state index in [9.17, 15) is 0 Å². The summed E-state index contributed by atoms with van der Waals surface area (Å²) < 4.78 is 34.1. The number of hydrogen-bond acceptors (Lipinski definition) is 4. The Morgan fingerprint density at radius 2 is 1.21 bits per heavy atom. The number of rotatable bonds is 0. The zero-order valence-electron chi connectivity index (χ0n) is 7.34. The van der Waals surface area contributed by atoms with Gasteiger partial charge in [0.2, 0.25) is 0 Å². The van der Waals surface area contributed by atoms with Crippen molar-refractivity contribution >= 4 is 10.4 Å². The second kappa shape index (κ2) is 7.73. The van der Waals surface area contributed by atoms with Crippen LogP contribution in [0.1, 0.15) is 25.7 Å². The Labute approximate surface area is 98.3 Å². The van der Waals surface area contributed by atoms with Gasteiger partial charge in [-0.05, 0) is 0 Å². The van der Waals surface area contributed by atoms with Crippen molar-refractivity contribution < 1.29 is 38.6 Å². The molecule has 0 aromatic heterocycles. The second-order valence-electron chi connectivity index (χ2n) is 2.91. The van der Waals surface area contributed by atoms with E-state index in [-0.39, 0.29) is 33.1 Å². The average molecular weight is 403 g/mol. The molecule has 2 unspecified atom stereocenters. The van der Waals surface area contributed by atoms with Crippen molar-refractivity contribution in [3.8, 4) is 0 Å². The molecule has 2 N–H and O–H groups in total. The summed E-state index contributed by atoms with van der Waals surface area (Å²) in [5.74, 6) is 0. The third-order valence-electron chi connectivity index (χ3n) is 1.77. The van der Waals surface area contributed by atoms with Crippen molar-refractivity contribution in [1.29, 1.82) is 0 Å². The standard InChI is InChI=1S/C6H12N2.H2O4S.Pt/c7-5-3-1-2-4-6(5)8;1-5(2,3)4;/h5-8H,1-4H2;(H2,1,2,3,4);/q-2;;+4/p-2. The fourth-order valence-corrected chi connectivity index (χ4v) is 1.13. The molecule has 0 saturated heterocycles. The summed E-state index contributed by atoms with van der Waals surface area (Å²) in [6, 6.07) is -0.160. The van der Waals surface area contributed by atoms with Gasteiger partial charge in [0.15, 0.2) is 0 Å². The van der Waals surface area contributed by atoms with E-state index < -0.39 is 10.4 Å². The Morgan fingerprint density at radius 3 is 1.36 bits per heavy atom. The van der Waals surface area contributed by atoms with Gasteiger partial charge < -0.3 is 20.6 Å². The third-order valence-corrected chi connectivity index (χ3v) is 1.77. The van der Waals surface area contributed by atoms with Crippen molar-refractivity contribution in [2.24, 2.45) is 0 Å². The van der Waals surface area contributed by atoms with E-state index in [1.54, 1.807) is 0 Å². The molecule has 0 aliphatic heterocycles. The molecule has 86 valence electrons. The fraction of sp³-hybridized carbons (Fsp3) is 1.00. The van der Waals surface area contributed by atoms with Crippen molar-refractivity contribution in [2.45, 2.75) is 37.8 Å². The Kier molecular flexibility index (Phi) is 9.33. The first-order valence-corrected chi connectivity index (χ1v) is 5.23. The van der Waals surface area contributed by atoms with E-state index in [1.807, 2.05) is 0 Å². The van der Waals surface area contributed by atoms with Crippen molar-refractivity contribution in [2.75, 3.05) is 0 Å². The SMILES string of the molecule is O=S(=O)([O-])[O-].[NH-]C1CCCCC1[NH-].[Pt+4]. The summed E-state index contributed by atoms with van der Waals surface area (Å²) in [6.45, 7) is 0. The minimum Gasteiger partial charge on any atom is -0.759 e. The smallest absolute Gasteiger partial charge is 0.759 e. The van der Waals surface area contributed by atoms with Crippen LogP contribution in [0.5, 0.6) is 0 Å². The first-order valence-electron chi connectivity index (χ1n) is 3.89. The minimum absolute atomic E-state index is 0. The summed E-state index contributed by atoms with van der Waals surface area (Å²) in [5.41, 5.74) is 14.6. The third kappa shape index (κ3) is 12.5. The Balaban J connectivity index is 0. The van der Waals surface area contributed by atoms with Crippen LogP contribution >= 0.6 is 0 Å². The van der Waals surface area contributed by atoms with E-state index in [0.29, 0.717) is 0 Å². The van der Waals surface area contributed by atoms with Crippen LogP contribution in [0.25, 0.3) is 11.5 Å². The molecule has 0 amide bonds. The fourth-order valence-electron chi connectivity index (χ4n) is 1.13. The van der Waals surface area contributed by atoms with Gasteiger partial charge in [-0.3, -0.25) is 8.42 Å². The first kappa shape index (κ1) is 16.9. The summed E-state index contributed by atoms with van der Waals surface area (Å²) in [6.07, 6.45) is 4.25. The summed E-state index contributed by atoms with van der Waals surface area (Å²) >= 11 is 0. The zero-order valence-corrected chi connectivity index (χ0v) is 10.4. The van der Waals surface area contributed by atoms with Crippen LogP contribution in [-0.4, -0.2) is 29.6 Å². The molecule has 0 bridgehead atoms. The van der Waals surface area contributed by atoms with Crippen molar-refractivity contribution in [3.63, 3.8) is 0 Å². The summed E-state index contributed by atoms with van der Waals surface area (Å²) in [7, 11) is -5.17. The molecule has 1 aliphatic rings. The molecule has 0 heterocycles. The van der Waals surface area contributed by atoms with Gasteiger partial charge in [0.05, 0.1) is 0 Å². The van der Waals surface area contributed by atoms with Gasteiger partial charge >= 0.3 is 21.1 Å². The topological polar surface area (TPSA) is 128 Å². The van der Waals surface area contributed by atoms with Gasteiger partial charge in [0.1, 0.15) is 0 Å². The molecular weight excluding hydrogens is 391 g/mol. The number of hydrogen-bond donors (Lipinski definition) is 0. The molecule has 1 saturated carbocycles. The molecule has 8 heteroatoms. The Morgan fingerprint density at radius 1 is 1.00 bits per heavy atom. The molecule has 1 fully saturated rings. The molecule has 2 atom stereocenters. The van der Waals surface area contributed by atoms with Crippen LogP contribution in [0, 0.1) is 0 Å². The minimum atomic E-state index is -5.17. The largest absolute Gasteiger partial charge is 4.00 e. The van der Waals surface area contributed by atoms with Crippen LogP contribution in [-0.2, 0) is 31.5 Å². The summed E-state index contributed by atoms with van der Waals surface area (Å²) in [5, 5.41) is 0. The molecule has 1 aliphatic carbocycles. The van der Waals surface area contributed by atoms with Crippen molar-refractivity contribution in [3.05, 3.63) is 11.5 Å². The van der Waals surface area contributed by atoms with E-state index in [1.165, 1.54) is 12.8 Å². The molecule has 14 heavy (non-hydrogen) atoms. The first-order chi connectivity index (χ1) is 5.80. The monoisotopic (exact) mass is 403 g/mol. The van der Waals surface area contributed by atoms with Crippen LogP contribution < -0.4 is 0 Å². The predicted octanol–water partition coefficient (Wildman–Crippen LogP) is 1.06. The predicted molar refractivity (Wildman–Crippen MR) is 45.2 cm³/mol. The van der Waals surface area contributed by atoms with Crippen molar-refractivity contribution in [1.82, 2.24) is 0 Å². The van der Waals surface area contributed by atoms with Crippen LogP contribution in [0.4, 0.5) is 0 Å². The maximum atomic E-state index is 8.52. The quantitative estimate of drug-likeness (QED) is 0.442. The van der Waals surface area contributed by atoms with Gasteiger partial charge in [-0.15, -0.1) is 0 Å². The molecular formula is C6H12N2O4PtS. The molecule has 0 radical (unpaired) electrons. The van der Waals surface area contributed by atoms with E-state index in [0.717, 1.165) is 12.8 Å². The maximum Gasteiger partial charge on any atom is 4.00 e. The summed E-state index contributed by atoms with van der Waals surface area (Å²) in [4.78, 5) is 0. The maximum absolute atomic E-state index is 8.52.